The fourth-order valence-electron chi connectivity index (χ4n) is 4.15. The van der Waals surface area contributed by atoms with Gasteiger partial charge in [0.05, 0.1) is 24.9 Å². The summed E-state index contributed by atoms with van der Waals surface area (Å²) in [6, 6.07) is 10.3. The summed E-state index contributed by atoms with van der Waals surface area (Å²) in [6.07, 6.45) is -3.23. The molecule has 0 unspecified atom stereocenters. The lowest BCUT2D eigenvalue weighted by Crippen LogP contribution is -2.29. The topological polar surface area (TPSA) is 167 Å². The number of aliphatic carboxylic acids is 1. The molecule has 238 valence electrons. The number of aryl methyl sites for hydroxylation is 1. The Bertz CT molecular complexity index is 1790. The number of aliphatic hydroxyl groups is 2. The van der Waals surface area contributed by atoms with Gasteiger partial charge in [-0.3, -0.25) is 14.2 Å². The Morgan fingerprint density at radius 3 is 2.20 bits per heavy atom. The van der Waals surface area contributed by atoms with Gasteiger partial charge in [0, 0.05) is 28.6 Å². The molecular formula is C29H26F5N5O6. The minimum atomic E-state index is -5.08. The van der Waals surface area contributed by atoms with E-state index in [2.05, 4.69) is 20.6 Å². The van der Waals surface area contributed by atoms with E-state index in [1.165, 1.54) is 12.1 Å². The number of aromatic nitrogens is 3. The van der Waals surface area contributed by atoms with Gasteiger partial charge >= 0.3 is 12.1 Å². The highest BCUT2D eigenvalue weighted by atomic mass is 19.4. The number of para-hydroxylation sites is 1. The van der Waals surface area contributed by atoms with Gasteiger partial charge in [-0.2, -0.15) is 18.2 Å². The molecule has 5 rings (SSSR count). The molecule has 0 bridgehead atoms. The minimum Gasteiger partial charge on any atom is -0.475 e. The van der Waals surface area contributed by atoms with Crippen LogP contribution in [0.3, 0.4) is 0 Å². The van der Waals surface area contributed by atoms with Gasteiger partial charge in [-0.15, -0.1) is 0 Å². The third-order valence-electron chi connectivity index (χ3n) is 6.60. The molecule has 0 spiro atoms. The lowest BCUT2D eigenvalue weighted by Gasteiger charge is -2.18. The summed E-state index contributed by atoms with van der Waals surface area (Å²) in [5.74, 6) is -5.02. The van der Waals surface area contributed by atoms with Crippen LogP contribution in [0.4, 0.5) is 27.9 Å². The van der Waals surface area contributed by atoms with Crippen LogP contribution in [0.25, 0.3) is 28.0 Å². The molecule has 2 heterocycles. The lowest BCUT2D eigenvalue weighted by atomic mass is 9.99. The Morgan fingerprint density at radius 2 is 1.64 bits per heavy atom. The van der Waals surface area contributed by atoms with Gasteiger partial charge < -0.3 is 26.0 Å². The van der Waals surface area contributed by atoms with Crippen molar-refractivity contribution >= 4 is 28.9 Å². The molecule has 0 atom stereocenters. The highest BCUT2D eigenvalue weighted by Crippen LogP contribution is 2.32. The van der Waals surface area contributed by atoms with Crippen LogP contribution in [-0.4, -0.2) is 73.2 Å². The minimum absolute atomic E-state index is 0.0936. The standard InChI is InChI=1S/C27H25F2N5O4.C2HF3O2/c1-14-5-6-15(26(38)30-16-7-8-16)11-19(14)23-18-9-10-22(37)34(24-20(28)3-2-4-21(24)29)25(18)33-27(32-23)31-17(12-35)13-36;3-2(4,5)1(6)7/h2-6,9-11,16-17,35-36H,7-8,12-13H2,1H3,(H,30,38)(H,31,32,33);(H,6,7). The van der Waals surface area contributed by atoms with Crippen molar-refractivity contribution in [2.24, 2.45) is 0 Å². The summed E-state index contributed by atoms with van der Waals surface area (Å²) in [5, 5.41) is 32.3. The van der Waals surface area contributed by atoms with Crippen molar-refractivity contribution in [3.63, 3.8) is 0 Å². The van der Waals surface area contributed by atoms with E-state index in [4.69, 9.17) is 9.90 Å². The van der Waals surface area contributed by atoms with Crippen molar-refractivity contribution in [3.8, 4) is 16.9 Å². The molecule has 0 radical (unpaired) electrons. The van der Waals surface area contributed by atoms with E-state index in [1.807, 2.05) is 6.92 Å². The van der Waals surface area contributed by atoms with E-state index >= 15 is 0 Å². The van der Waals surface area contributed by atoms with E-state index in [1.54, 1.807) is 18.2 Å². The number of alkyl halides is 3. The van der Waals surface area contributed by atoms with E-state index < -0.39 is 54.3 Å². The number of nitrogens with one attached hydrogen (secondary N) is 2. The zero-order chi connectivity index (χ0) is 33.1. The number of aliphatic hydroxyl groups excluding tert-OH is 2. The largest absolute Gasteiger partial charge is 0.490 e. The summed E-state index contributed by atoms with van der Waals surface area (Å²) in [6.45, 7) is 0.912. The lowest BCUT2D eigenvalue weighted by molar-refractivity contribution is -0.192. The first-order valence-electron chi connectivity index (χ1n) is 13.3. The number of benzene rings is 2. The molecular weight excluding hydrogens is 609 g/mol. The van der Waals surface area contributed by atoms with Gasteiger partial charge in [-0.25, -0.2) is 18.6 Å². The van der Waals surface area contributed by atoms with Crippen molar-refractivity contribution in [2.45, 2.75) is 38.0 Å². The smallest absolute Gasteiger partial charge is 0.475 e. The first-order valence-corrected chi connectivity index (χ1v) is 13.3. The fraction of sp³-hybridized carbons (Fsp3) is 0.276. The summed E-state index contributed by atoms with van der Waals surface area (Å²) in [4.78, 5) is 43.6. The number of halogens is 5. The molecule has 5 N–H and O–H groups in total. The highest BCUT2D eigenvalue weighted by Gasteiger charge is 2.38. The van der Waals surface area contributed by atoms with Crippen molar-refractivity contribution in [3.05, 3.63) is 81.6 Å². The summed E-state index contributed by atoms with van der Waals surface area (Å²) in [7, 11) is 0. The molecule has 2 aromatic heterocycles. The third-order valence-corrected chi connectivity index (χ3v) is 6.60. The number of carboxylic acids is 1. The molecule has 1 saturated carbocycles. The predicted molar refractivity (Wildman–Crippen MR) is 151 cm³/mol. The van der Waals surface area contributed by atoms with Crippen molar-refractivity contribution < 1.29 is 46.9 Å². The van der Waals surface area contributed by atoms with Crippen molar-refractivity contribution in [1.82, 2.24) is 19.9 Å². The summed E-state index contributed by atoms with van der Waals surface area (Å²) < 4.78 is 62.2. The first-order chi connectivity index (χ1) is 21.2. The number of fused-ring (bicyclic) bond motifs is 1. The van der Waals surface area contributed by atoms with Crippen LogP contribution in [0.1, 0.15) is 28.8 Å². The summed E-state index contributed by atoms with van der Waals surface area (Å²) in [5.41, 5.74) is 0.534. The van der Waals surface area contributed by atoms with Crippen LogP contribution in [-0.2, 0) is 4.79 Å². The molecule has 1 aliphatic carbocycles. The van der Waals surface area contributed by atoms with Crippen molar-refractivity contribution in [2.75, 3.05) is 18.5 Å². The van der Waals surface area contributed by atoms with E-state index in [-0.39, 0.29) is 29.2 Å². The molecule has 4 aromatic rings. The maximum atomic E-state index is 14.8. The van der Waals surface area contributed by atoms with Gasteiger partial charge in [-0.1, -0.05) is 12.1 Å². The zero-order valence-electron chi connectivity index (χ0n) is 23.4. The quantitative estimate of drug-likeness (QED) is 0.183. The van der Waals surface area contributed by atoms with E-state index in [0.717, 1.165) is 41.2 Å². The number of nitrogens with zero attached hydrogens (tertiary/aromatic N) is 3. The number of rotatable bonds is 8. The highest BCUT2D eigenvalue weighted by molar-refractivity contribution is 5.98. The number of hydrogen-bond donors (Lipinski definition) is 5. The number of amides is 1. The second-order valence-electron chi connectivity index (χ2n) is 10.00. The van der Waals surface area contributed by atoms with Gasteiger partial charge in [0.15, 0.2) is 5.65 Å². The van der Waals surface area contributed by atoms with Gasteiger partial charge in [0.25, 0.3) is 11.5 Å². The average Bonchev–Trinajstić information content (AvgIpc) is 3.80. The Kier molecular flexibility index (Phi) is 9.78. The predicted octanol–water partition coefficient (Wildman–Crippen LogP) is 3.32. The number of carbonyl (C=O) groups excluding carboxylic acids is 1. The van der Waals surface area contributed by atoms with Gasteiger partial charge in [0.2, 0.25) is 5.95 Å². The van der Waals surface area contributed by atoms with Gasteiger partial charge in [0.1, 0.15) is 17.3 Å². The van der Waals surface area contributed by atoms with Crippen molar-refractivity contribution in [1.29, 1.82) is 0 Å². The molecule has 0 aliphatic heterocycles. The number of hydrogen-bond acceptors (Lipinski definition) is 8. The molecule has 2 aromatic carbocycles. The second kappa shape index (κ2) is 13.4. The fourth-order valence-corrected chi connectivity index (χ4v) is 4.15. The van der Waals surface area contributed by atoms with Crippen LogP contribution >= 0.6 is 0 Å². The number of pyridine rings is 1. The monoisotopic (exact) mass is 635 g/mol. The van der Waals surface area contributed by atoms with Crippen LogP contribution < -0.4 is 16.2 Å². The Hall–Kier alpha value is -4.96. The maximum absolute atomic E-state index is 14.8. The summed E-state index contributed by atoms with van der Waals surface area (Å²) >= 11 is 0. The number of carbonyl (C=O) groups is 2. The van der Waals surface area contributed by atoms with E-state index in [0.29, 0.717) is 16.5 Å². The molecule has 16 heteroatoms. The average molecular weight is 636 g/mol. The van der Waals surface area contributed by atoms with Crippen LogP contribution in [0.2, 0.25) is 0 Å². The van der Waals surface area contributed by atoms with Crippen LogP contribution in [0.5, 0.6) is 0 Å². The Labute approximate surface area is 251 Å². The van der Waals surface area contributed by atoms with E-state index in [9.17, 15) is 41.8 Å². The molecule has 11 nitrogen and oxygen atoms in total. The van der Waals surface area contributed by atoms with Gasteiger partial charge in [-0.05, 0) is 55.7 Å². The Balaban J connectivity index is 0.000000591. The molecule has 1 fully saturated rings. The van der Waals surface area contributed by atoms with Crippen LogP contribution in [0.15, 0.2) is 53.3 Å². The SMILES string of the molecule is Cc1ccc(C(=O)NC2CC2)cc1-c1nc(NC(CO)CO)nc2c1ccc(=O)n2-c1c(F)cccc1F.O=C(O)C(F)(F)F. The molecule has 1 aliphatic rings. The first kappa shape index (κ1) is 32.9. The third kappa shape index (κ3) is 7.58. The normalized spacial score (nSPS) is 12.9. The maximum Gasteiger partial charge on any atom is 0.490 e. The zero-order valence-corrected chi connectivity index (χ0v) is 23.4. The molecule has 45 heavy (non-hydrogen) atoms. The number of carboxylic acid groups (broad SMARTS) is 1. The number of anilines is 1. The second-order valence-corrected chi connectivity index (χ2v) is 10.00. The molecule has 1 amide bonds. The molecule has 0 saturated heterocycles. The Morgan fingerprint density at radius 1 is 1.02 bits per heavy atom. The van der Waals surface area contributed by atoms with Crippen LogP contribution in [0, 0.1) is 18.6 Å².